The van der Waals surface area contributed by atoms with Crippen molar-refractivity contribution in [1.82, 2.24) is 9.97 Å². The predicted molar refractivity (Wildman–Crippen MR) is 112 cm³/mol. The summed E-state index contributed by atoms with van der Waals surface area (Å²) in [4.78, 5) is 32.1. The summed E-state index contributed by atoms with van der Waals surface area (Å²) in [6.45, 7) is 3.76. The molecule has 8 heteroatoms. The van der Waals surface area contributed by atoms with Crippen LogP contribution in [0.3, 0.4) is 0 Å². The highest BCUT2D eigenvalue weighted by Gasteiger charge is 2.52. The summed E-state index contributed by atoms with van der Waals surface area (Å²) in [7, 11) is 0. The zero-order chi connectivity index (χ0) is 22.7. The molecule has 1 aromatic carbocycles. The van der Waals surface area contributed by atoms with Crippen LogP contribution in [-0.4, -0.2) is 22.0 Å². The molecule has 6 nitrogen and oxygen atoms in total. The van der Waals surface area contributed by atoms with Gasteiger partial charge >= 0.3 is 6.29 Å². The molecule has 0 amide bonds. The van der Waals surface area contributed by atoms with Crippen LogP contribution in [0.5, 0.6) is 11.5 Å². The first-order chi connectivity index (χ1) is 15.1. The number of fused-ring (bicyclic) bond motifs is 1. The molecule has 0 atom stereocenters. The molecule has 2 aromatic heterocycles. The number of nitrogens with zero attached hydrogens (tertiary/aromatic N) is 1. The number of hydrogen-bond acceptors (Lipinski definition) is 5. The van der Waals surface area contributed by atoms with Crippen LogP contribution >= 0.6 is 0 Å². The molecule has 0 saturated heterocycles. The molecule has 1 saturated carbocycles. The quantitative estimate of drug-likeness (QED) is 0.645. The number of benzene rings is 1. The molecule has 1 aliphatic carbocycles. The van der Waals surface area contributed by atoms with Gasteiger partial charge in [-0.1, -0.05) is 6.07 Å². The van der Waals surface area contributed by atoms with E-state index in [2.05, 4.69) is 19.4 Å². The Balaban J connectivity index is 1.42. The second-order valence-corrected chi connectivity index (χ2v) is 8.43. The maximum atomic E-state index is 13.4. The minimum atomic E-state index is -3.69. The number of rotatable bonds is 5. The number of nitrogens with one attached hydrogen (secondary N) is 1. The number of halogens is 2. The number of aromatic nitrogens is 2. The van der Waals surface area contributed by atoms with Crippen LogP contribution in [0, 0.1) is 13.8 Å². The van der Waals surface area contributed by atoms with Crippen molar-refractivity contribution < 1.29 is 23.0 Å². The van der Waals surface area contributed by atoms with Crippen molar-refractivity contribution in [2.75, 3.05) is 0 Å². The molecule has 5 rings (SSSR count). The highest BCUT2D eigenvalue weighted by Crippen LogP contribution is 2.52. The third-order valence-corrected chi connectivity index (χ3v) is 6.01. The number of Topliss-reactive ketones (excluding diaryl/α,β-unsaturated/α-hetero) is 1. The maximum Gasteiger partial charge on any atom is 0.586 e. The number of ketones is 1. The largest absolute Gasteiger partial charge is 0.586 e. The van der Waals surface area contributed by atoms with Crippen LogP contribution in [0.15, 0.2) is 47.4 Å². The molecule has 164 valence electrons. The van der Waals surface area contributed by atoms with Crippen molar-refractivity contribution in [2.45, 2.75) is 44.8 Å². The van der Waals surface area contributed by atoms with Crippen molar-refractivity contribution in [3.05, 3.63) is 75.3 Å². The lowest BCUT2D eigenvalue weighted by Crippen LogP contribution is -2.26. The Hall–Kier alpha value is -3.55. The average molecular weight is 438 g/mol. The standard InChI is InChI=1S/C24H20F2N2O4/c1-13-7-16(28-18(8-13)17-12-27-22(30)9-14(17)2)11-21(29)23(5-6-23)15-3-4-19-20(10-15)32-24(25,26)31-19/h3-4,7-10,12H,5-6,11H2,1-2H3,(H,27,30). The summed E-state index contributed by atoms with van der Waals surface area (Å²) in [6.07, 6.45) is -0.680. The number of aryl methyl sites for hydroxylation is 2. The minimum absolute atomic E-state index is 0.0228. The van der Waals surface area contributed by atoms with Gasteiger partial charge in [-0.2, -0.15) is 0 Å². The van der Waals surface area contributed by atoms with Crippen molar-refractivity contribution >= 4 is 5.78 Å². The van der Waals surface area contributed by atoms with E-state index in [0.29, 0.717) is 29.8 Å². The predicted octanol–water partition coefficient (Wildman–Crippen LogP) is 4.22. The van der Waals surface area contributed by atoms with E-state index in [4.69, 9.17) is 0 Å². The van der Waals surface area contributed by atoms with E-state index < -0.39 is 11.7 Å². The highest BCUT2D eigenvalue weighted by molar-refractivity contribution is 5.94. The molecule has 2 aliphatic rings. The summed E-state index contributed by atoms with van der Waals surface area (Å²) in [5.74, 6) is -0.121. The van der Waals surface area contributed by atoms with E-state index in [-0.39, 0.29) is 29.3 Å². The van der Waals surface area contributed by atoms with Gasteiger partial charge in [-0.3, -0.25) is 14.6 Å². The van der Waals surface area contributed by atoms with Crippen molar-refractivity contribution in [2.24, 2.45) is 0 Å². The van der Waals surface area contributed by atoms with Gasteiger partial charge in [0.25, 0.3) is 0 Å². The maximum absolute atomic E-state index is 13.4. The molecule has 1 aliphatic heterocycles. The second-order valence-electron chi connectivity index (χ2n) is 8.43. The molecule has 32 heavy (non-hydrogen) atoms. The van der Waals surface area contributed by atoms with Gasteiger partial charge in [0.1, 0.15) is 5.78 Å². The SMILES string of the molecule is Cc1cc(CC(=O)C2(c3ccc4c(c3)OC(F)(F)O4)CC2)nc(-c2c[nH]c(=O)cc2C)c1. The molecule has 0 bridgehead atoms. The Morgan fingerprint density at radius 2 is 1.84 bits per heavy atom. The summed E-state index contributed by atoms with van der Waals surface area (Å²) in [6, 6.07) is 9.80. The van der Waals surface area contributed by atoms with E-state index in [9.17, 15) is 18.4 Å². The summed E-state index contributed by atoms with van der Waals surface area (Å²) >= 11 is 0. The molecule has 0 radical (unpaired) electrons. The van der Waals surface area contributed by atoms with E-state index in [1.54, 1.807) is 12.3 Å². The fraction of sp³-hybridized carbons (Fsp3) is 0.292. The van der Waals surface area contributed by atoms with Crippen LogP contribution in [-0.2, 0) is 16.6 Å². The Morgan fingerprint density at radius 3 is 2.56 bits per heavy atom. The first kappa shape index (κ1) is 20.4. The number of aromatic amines is 1. The Bertz CT molecular complexity index is 1310. The molecule has 1 fully saturated rings. The van der Waals surface area contributed by atoms with Gasteiger partial charge in [0.05, 0.1) is 11.1 Å². The van der Waals surface area contributed by atoms with Crippen LogP contribution in [0.25, 0.3) is 11.3 Å². The first-order valence-electron chi connectivity index (χ1n) is 10.3. The number of alkyl halides is 2. The monoisotopic (exact) mass is 438 g/mol. The molecule has 0 spiro atoms. The van der Waals surface area contributed by atoms with Crippen molar-refractivity contribution in [3.8, 4) is 22.8 Å². The minimum Gasteiger partial charge on any atom is -0.395 e. The number of hydrogen-bond donors (Lipinski definition) is 1. The number of carbonyl (C=O) groups is 1. The fourth-order valence-electron chi connectivity index (χ4n) is 4.25. The molecule has 3 aromatic rings. The van der Waals surface area contributed by atoms with E-state index in [1.807, 2.05) is 26.0 Å². The molecule has 3 heterocycles. The Kier molecular flexibility index (Phi) is 4.44. The number of pyridine rings is 2. The molecule has 1 N–H and O–H groups in total. The van der Waals surface area contributed by atoms with Crippen molar-refractivity contribution in [3.63, 3.8) is 0 Å². The zero-order valence-corrected chi connectivity index (χ0v) is 17.5. The molecule has 0 unspecified atom stereocenters. The average Bonchev–Trinajstić information content (AvgIpc) is 3.44. The normalized spacial score (nSPS) is 17.2. The summed E-state index contributed by atoms with van der Waals surface area (Å²) in [5.41, 5.74) is 3.55. The van der Waals surface area contributed by atoms with E-state index in [1.165, 1.54) is 18.2 Å². The van der Waals surface area contributed by atoms with Crippen LogP contribution in [0.4, 0.5) is 8.78 Å². The zero-order valence-electron chi connectivity index (χ0n) is 17.5. The van der Waals surface area contributed by atoms with E-state index in [0.717, 1.165) is 16.7 Å². The topological polar surface area (TPSA) is 81.3 Å². The van der Waals surface area contributed by atoms with Gasteiger partial charge in [0.15, 0.2) is 11.5 Å². The Morgan fingerprint density at radius 1 is 1.09 bits per heavy atom. The first-order valence-corrected chi connectivity index (χ1v) is 10.3. The third kappa shape index (κ3) is 3.55. The number of carbonyl (C=O) groups excluding carboxylic acids is 1. The third-order valence-electron chi connectivity index (χ3n) is 6.01. The summed E-state index contributed by atoms with van der Waals surface area (Å²) < 4.78 is 35.7. The van der Waals surface area contributed by atoms with Gasteiger partial charge < -0.3 is 14.5 Å². The fourth-order valence-corrected chi connectivity index (χ4v) is 4.25. The van der Waals surface area contributed by atoms with Crippen LogP contribution in [0.1, 0.15) is 35.2 Å². The summed E-state index contributed by atoms with van der Waals surface area (Å²) in [5, 5.41) is 0. The van der Waals surface area contributed by atoms with Gasteiger partial charge in [0, 0.05) is 29.9 Å². The lowest BCUT2D eigenvalue weighted by molar-refractivity contribution is -0.286. The van der Waals surface area contributed by atoms with Crippen LogP contribution < -0.4 is 15.0 Å². The number of ether oxygens (including phenoxy) is 2. The van der Waals surface area contributed by atoms with Gasteiger partial charge in [-0.05, 0) is 67.6 Å². The second kappa shape index (κ2) is 6.98. The van der Waals surface area contributed by atoms with E-state index >= 15 is 0 Å². The van der Waals surface area contributed by atoms with Gasteiger partial charge in [-0.25, -0.2) is 0 Å². The number of H-pyrrole nitrogens is 1. The highest BCUT2D eigenvalue weighted by atomic mass is 19.3. The van der Waals surface area contributed by atoms with Gasteiger partial charge in [-0.15, -0.1) is 8.78 Å². The van der Waals surface area contributed by atoms with Gasteiger partial charge in [0.2, 0.25) is 5.56 Å². The lowest BCUT2D eigenvalue weighted by atomic mass is 9.88. The molecular weight excluding hydrogens is 418 g/mol. The van der Waals surface area contributed by atoms with Crippen molar-refractivity contribution in [1.29, 1.82) is 0 Å². The molecular formula is C24H20F2N2O4. The van der Waals surface area contributed by atoms with Crippen LogP contribution in [0.2, 0.25) is 0 Å². The smallest absolute Gasteiger partial charge is 0.395 e. The Labute approximate surface area is 182 Å². The lowest BCUT2D eigenvalue weighted by Gasteiger charge is -2.16.